The third kappa shape index (κ3) is 3.07. The second-order valence-corrected chi connectivity index (χ2v) is 5.38. The van der Waals surface area contributed by atoms with E-state index >= 15 is 0 Å². The first-order valence-corrected chi connectivity index (χ1v) is 7.15. The Hall–Kier alpha value is -2.47. The molecule has 1 unspecified atom stereocenters. The van der Waals surface area contributed by atoms with E-state index in [4.69, 9.17) is 11.6 Å². The fourth-order valence-electron chi connectivity index (χ4n) is 2.33. The van der Waals surface area contributed by atoms with Crippen molar-refractivity contribution in [3.8, 4) is 0 Å². The molecule has 0 aliphatic carbocycles. The second-order valence-electron chi connectivity index (χ2n) is 4.94. The zero-order valence-electron chi connectivity index (χ0n) is 11.6. The number of hydrogen-bond acceptors (Lipinski definition) is 4. The minimum atomic E-state index is -0.424. The molecule has 2 heterocycles. The topological polar surface area (TPSA) is 75.2 Å². The number of benzene rings is 1. The molecule has 112 valence electrons. The van der Waals surface area contributed by atoms with Crippen LogP contribution < -0.4 is 10.2 Å². The number of amides is 2. The Labute approximate surface area is 132 Å². The average molecular weight is 317 g/mol. The van der Waals surface area contributed by atoms with E-state index in [2.05, 4.69) is 15.3 Å². The molecule has 1 atom stereocenters. The predicted molar refractivity (Wildman–Crippen MR) is 82.6 cm³/mol. The smallest absolute Gasteiger partial charge is 0.232 e. The lowest BCUT2D eigenvalue weighted by atomic mass is 10.1. The number of nitrogens with one attached hydrogen (secondary N) is 1. The van der Waals surface area contributed by atoms with Gasteiger partial charge in [0.25, 0.3) is 0 Å². The Bertz CT molecular complexity index is 690. The van der Waals surface area contributed by atoms with Crippen LogP contribution in [0.3, 0.4) is 0 Å². The molecule has 1 aliphatic heterocycles. The van der Waals surface area contributed by atoms with Crippen LogP contribution in [0.15, 0.2) is 42.7 Å². The van der Waals surface area contributed by atoms with Gasteiger partial charge in [0.2, 0.25) is 17.8 Å². The Morgan fingerprint density at radius 1 is 1.23 bits per heavy atom. The number of carbonyl (C=O) groups excluding carboxylic acids is 2. The molecule has 1 fully saturated rings. The van der Waals surface area contributed by atoms with Crippen LogP contribution in [0.2, 0.25) is 5.02 Å². The van der Waals surface area contributed by atoms with Crippen LogP contribution in [0.4, 0.5) is 11.6 Å². The summed E-state index contributed by atoms with van der Waals surface area (Å²) in [4.78, 5) is 33.8. The highest BCUT2D eigenvalue weighted by atomic mass is 35.5. The molecule has 0 spiro atoms. The summed E-state index contributed by atoms with van der Waals surface area (Å²) in [5.41, 5.74) is 0.737. The van der Waals surface area contributed by atoms with Crippen LogP contribution in [-0.2, 0) is 9.59 Å². The summed E-state index contributed by atoms with van der Waals surface area (Å²) < 4.78 is 0. The summed E-state index contributed by atoms with van der Waals surface area (Å²) in [7, 11) is 0. The van der Waals surface area contributed by atoms with Gasteiger partial charge >= 0.3 is 0 Å². The summed E-state index contributed by atoms with van der Waals surface area (Å²) in [5, 5.41) is 3.23. The van der Waals surface area contributed by atoms with Crippen molar-refractivity contribution < 1.29 is 9.59 Å². The SMILES string of the molecule is O=C(Nc1ncccn1)C1CC(=O)N(c2ccc(Cl)cc2)C1. The number of carbonyl (C=O) groups is 2. The fourth-order valence-corrected chi connectivity index (χ4v) is 2.46. The normalized spacial score (nSPS) is 17.6. The van der Waals surface area contributed by atoms with E-state index in [1.807, 2.05) is 0 Å². The quantitative estimate of drug-likeness (QED) is 0.941. The maximum atomic E-state index is 12.2. The number of rotatable bonds is 3. The van der Waals surface area contributed by atoms with Crippen molar-refractivity contribution in [2.45, 2.75) is 6.42 Å². The molecule has 7 heteroatoms. The highest BCUT2D eigenvalue weighted by Crippen LogP contribution is 2.26. The summed E-state index contributed by atoms with van der Waals surface area (Å²) in [6, 6.07) is 8.63. The van der Waals surface area contributed by atoms with Crippen molar-refractivity contribution in [1.29, 1.82) is 0 Å². The molecular weight excluding hydrogens is 304 g/mol. The van der Waals surface area contributed by atoms with Crippen molar-refractivity contribution >= 4 is 35.1 Å². The largest absolute Gasteiger partial charge is 0.312 e. The average Bonchev–Trinajstić information content (AvgIpc) is 2.91. The van der Waals surface area contributed by atoms with Gasteiger partial charge in [0.05, 0.1) is 5.92 Å². The van der Waals surface area contributed by atoms with Crippen molar-refractivity contribution in [3.63, 3.8) is 0 Å². The minimum absolute atomic E-state index is 0.0866. The Morgan fingerprint density at radius 2 is 1.91 bits per heavy atom. The number of hydrogen-bond donors (Lipinski definition) is 1. The zero-order valence-corrected chi connectivity index (χ0v) is 12.3. The molecule has 3 rings (SSSR count). The molecule has 1 aliphatic rings. The first kappa shape index (κ1) is 14.5. The van der Waals surface area contributed by atoms with Crippen molar-refractivity contribution in [2.75, 3.05) is 16.8 Å². The van der Waals surface area contributed by atoms with Crippen LogP contribution in [0.25, 0.3) is 0 Å². The number of aromatic nitrogens is 2. The Morgan fingerprint density at radius 3 is 2.59 bits per heavy atom. The third-order valence-corrected chi connectivity index (χ3v) is 3.69. The van der Waals surface area contributed by atoms with Gasteiger partial charge < -0.3 is 4.90 Å². The predicted octanol–water partition coefficient (Wildman–Crippen LogP) is 2.12. The van der Waals surface area contributed by atoms with Gasteiger partial charge in [-0.1, -0.05) is 11.6 Å². The standard InChI is InChI=1S/C15H13ClN4O2/c16-11-2-4-12(5-3-11)20-9-10(8-13(20)21)14(22)19-15-17-6-1-7-18-15/h1-7,10H,8-9H2,(H,17,18,19,22). The van der Waals surface area contributed by atoms with E-state index in [1.54, 1.807) is 47.6 Å². The molecule has 1 aromatic carbocycles. The highest BCUT2D eigenvalue weighted by Gasteiger charge is 2.35. The van der Waals surface area contributed by atoms with Crippen LogP contribution in [-0.4, -0.2) is 28.3 Å². The molecule has 1 N–H and O–H groups in total. The maximum Gasteiger partial charge on any atom is 0.232 e. The van der Waals surface area contributed by atoms with Gasteiger partial charge in [-0.25, -0.2) is 9.97 Å². The van der Waals surface area contributed by atoms with E-state index in [0.717, 1.165) is 5.69 Å². The van der Waals surface area contributed by atoms with Gasteiger partial charge in [0.1, 0.15) is 0 Å². The van der Waals surface area contributed by atoms with Crippen molar-refractivity contribution in [3.05, 3.63) is 47.7 Å². The van der Waals surface area contributed by atoms with E-state index in [-0.39, 0.29) is 24.2 Å². The van der Waals surface area contributed by atoms with E-state index in [1.165, 1.54) is 0 Å². The van der Waals surface area contributed by atoms with Crippen molar-refractivity contribution in [1.82, 2.24) is 9.97 Å². The fraction of sp³-hybridized carbons (Fsp3) is 0.200. The van der Waals surface area contributed by atoms with E-state index < -0.39 is 5.92 Å². The van der Waals surface area contributed by atoms with Crippen molar-refractivity contribution in [2.24, 2.45) is 5.92 Å². The van der Waals surface area contributed by atoms with E-state index in [0.29, 0.717) is 11.6 Å². The first-order valence-electron chi connectivity index (χ1n) is 6.77. The van der Waals surface area contributed by atoms with Gasteiger partial charge in [0, 0.05) is 36.1 Å². The van der Waals surface area contributed by atoms with Gasteiger partial charge in [-0.3, -0.25) is 14.9 Å². The zero-order chi connectivity index (χ0) is 15.5. The Balaban J connectivity index is 1.69. The first-order chi connectivity index (χ1) is 10.6. The highest BCUT2D eigenvalue weighted by molar-refractivity contribution is 6.30. The molecule has 6 nitrogen and oxygen atoms in total. The van der Waals surface area contributed by atoms with Gasteiger partial charge in [-0.05, 0) is 30.3 Å². The number of anilines is 2. The van der Waals surface area contributed by atoms with Gasteiger partial charge in [-0.15, -0.1) is 0 Å². The molecule has 1 aromatic heterocycles. The summed E-state index contributed by atoms with van der Waals surface area (Å²) in [6.45, 7) is 0.332. The monoisotopic (exact) mass is 316 g/mol. The lowest BCUT2D eigenvalue weighted by Crippen LogP contribution is -2.28. The molecule has 0 bridgehead atoms. The summed E-state index contributed by atoms with van der Waals surface area (Å²) in [5.74, 6) is -0.524. The second kappa shape index (κ2) is 6.11. The lowest BCUT2D eigenvalue weighted by Gasteiger charge is -2.16. The molecule has 1 saturated heterocycles. The van der Waals surface area contributed by atoms with E-state index in [9.17, 15) is 9.59 Å². The summed E-state index contributed by atoms with van der Waals surface area (Å²) in [6.07, 6.45) is 3.26. The molecule has 0 radical (unpaired) electrons. The number of halogens is 1. The minimum Gasteiger partial charge on any atom is -0.312 e. The molecule has 22 heavy (non-hydrogen) atoms. The van der Waals surface area contributed by atoms with Gasteiger partial charge in [0.15, 0.2) is 0 Å². The van der Waals surface area contributed by atoms with Gasteiger partial charge in [-0.2, -0.15) is 0 Å². The van der Waals surface area contributed by atoms with Crippen LogP contribution >= 0.6 is 11.6 Å². The van der Waals surface area contributed by atoms with Crippen LogP contribution in [0, 0.1) is 5.92 Å². The molecule has 2 amide bonds. The number of nitrogens with zero attached hydrogens (tertiary/aromatic N) is 3. The molecular formula is C15H13ClN4O2. The lowest BCUT2D eigenvalue weighted by molar-refractivity contribution is -0.122. The molecule has 0 saturated carbocycles. The van der Waals surface area contributed by atoms with Crippen LogP contribution in [0.1, 0.15) is 6.42 Å². The maximum absolute atomic E-state index is 12.2. The third-order valence-electron chi connectivity index (χ3n) is 3.43. The molecule has 2 aromatic rings. The Kier molecular flexibility index (Phi) is 4.02. The summed E-state index contributed by atoms with van der Waals surface area (Å²) >= 11 is 5.84. The van der Waals surface area contributed by atoms with Crippen LogP contribution in [0.5, 0.6) is 0 Å².